The average molecular weight is 258 g/mol. The zero-order chi connectivity index (χ0) is 12.7. The van der Waals surface area contributed by atoms with Crippen molar-refractivity contribution in [2.45, 2.75) is 38.9 Å². The number of amidine groups is 1. The van der Waals surface area contributed by atoms with E-state index in [4.69, 9.17) is 4.74 Å². The fraction of sp³-hybridized carbons (Fsp3) is 0.833. The van der Waals surface area contributed by atoms with Gasteiger partial charge in [0.25, 0.3) is 0 Å². The van der Waals surface area contributed by atoms with Crippen LogP contribution in [0.4, 0.5) is 0 Å². The second-order valence-electron chi connectivity index (χ2n) is 4.38. The van der Waals surface area contributed by atoms with Crippen molar-refractivity contribution in [2.24, 2.45) is 10.9 Å². The molecule has 0 amide bonds. The Morgan fingerprint density at radius 1 is 1.65 bits per heavy atom. The Labute approximate surface area is 108 Å². The first-order chi connectivity index (χ1) is 8.13. The number of nitrogens with zero attached hydrogens (tertiary/aromatic N) is 1. The van der Waals surface area contributed by atoms with Crippen LogP contribution in [0.25, 0.3) is 0 Å². The highest BCUT2D eigenvalue weighted by Gasteiger charge is 2.21. The zero-order valence-corrected chi connectivity index (χ0v) is 11.7. The second-order valence-corrected chi connectivity index (χ2v) is 5.61. The van der Waals surface area contributed by atoms with Gasteiger partial charge in [0.2, 0.25) is 0 Å². The zero-order valence-electron chi connectivity index (χ0n) is 10.9. The summed E-state index contributed by atoms with van der Waals surface area (Å²) in [5, 5.41) is 4.89. The molecule has 1 aliphatic heterocycles. The molecule has 1 N–H and O–H groups in total. The first-order valence-corrected chi connectivity index (χ1v) is 7.12. The summed E-state index contributed by atoms with van der Waals surface area (Å²) in [5.74, 6) is 0.540. The highest BCUT2D eigenvalue weighted by Crippen LogP contribution is 2.25. The summed E-state index contributed by atoms with van der Waals surface area (Å²) in [4.78, 5) is 15.5. The van der Waals surface area contributed by atoms with Crippen LogP contribution in [0.3, 0.4) is 0 Å². The van der Waals surface area contributed by atoms with Crippen molar-refractivity contribution < 1.29 is 9.53 Å². The van der Waals surface area contributed by atoms with Crippen LogP contribution in [0.5, 0.6) is 0 Å². The number of nitrogens with one attached hydrogen (secondary N) is 1. The second kappa shape index (κ2) is 7.58. The minimum Gasteiger partial charge on any atom is -0.466 e. The lowest BCUT2D eigenvalue weighted by molar-refractivity contribution is -0.143. The number of rotatable bonds is 6. The number of carbonyl (C=O) groups excluding carboxylic acids is 1. The first kappa shape index (κ1) is 14.4. The normalized spacial score (nSPS) is 19.3. The van der Waals surface area contributed by atoms with Gasteiger partial charge in [0, 0.05) is 18.2 Å². The smallest absolute Gasteiger partial charge is 0.305 e. The summed E-state index contributed by atoms with van der Waals surface area (Å²) in [7, 11) is 0. The van der Waals surface area contributed by atoms with E-state index in [1.165, 1.54) is 0 Å². The molecule has 1 atom stereocenters. The highest BCUT2D eigenvalue weighted by molar-refractivity contribution is 8.14. The lowest BCUT2D eigenvalue weighted by atomic mass is 10.1. The van der Waals surface area contributed by atoms with Gasteiger partial charge in [0.1, 0.15) is 0 Å². The van der Waals surface area contributed by atoms with Crippen molar-refractivity contribution >= 4 is 22.9 Å². The fourth-order valence-electron chi connectivity index (χ4n) is 1.50. The van der Waals surface area contributed by atoms with Gasteiger partial charge in [-0.1, -0.05) is 25.6 Å². The van der Waals surface area contributed by atoms with Crippen LogP contribution < -0.4 is 5.32 Å². The third-order valence-electron chi connectivity index (χ3n) is 2.56. The molecule has 98 valence electrons. The van der Waals surface area contributed by atoms with E-state index in [1.54, 1.807) is 0 Å². The van der Waals surface area contributed by atoms with E-state index in [-0.39, 0.29) is 5.97 Å². The number of hydrogen-bond donors (Lipinski definition) is 1. The van der Waals surface area contributed by atoms with Crippen LogP contribution in [-0.2, 0) is 9.53 Å². The summed E-state index contributed by atoms with van der Waals surface area (Å²) in [5.41, 5.74) is 0. The number of ether oxygens (including phenoxy) is 1. The van der Waals surface area contributed by atoms with Crippen molar-refractivity contribution in [1.82, 2.24) is 5.32 Å². The predicted molar refractivity (Wildman–Crippen MR) is 72.4 cm³/mol. The SMILES string of the molecule is CCOC(=O)CCCNC1=NCC(C(C)C)S1. The molecule has 0 fully saturated rings. The Hall–Kier alpha value is -0.710. The van der Waals surface area contributed by atoms with Crippen LogP contribution in [0, 0.1) is 5.92 Å². The van der Waals surface area contributed by atoms with Crippen molar-refractivity contribution in [3.05, 3.63) is 0 Å². The van der Waals surface area contributed by atoms with E-state index in [0.29, 0.717) is 24.2 Å². The lowest BCUT2D eigenvalue weighted by Crippen LogP contribution is -2.22. The van der Waals surface area contributed by atoms with E-state index >= 15 is 0 Å². The molecule has 0 saturated carbocycles. The molecule has 4 nitrogen and oxygen atoms in total. The van der Waals surface area contributed by atoms with Gasteiger partial charge in [-0.25, -0.2) is 0 Å². The summed E-state index contributed by atoms with van der Waals surface area (Å²) < 4.78 is 4.86. The molecule has 0 bridgehead atoms. The van der Waals surface area contributed by atoms with Gasteiger partial charge >= 0.3 is 5.97 Å². The minimum atomic E-state index is -0.115. The highest BCUT2D eigenvalue weighted by atomic mass is 32.2. The lowest BCUT2D eigenvalue weighted by Gasteiger charge is -2.12. The van der Waals surface area contributed by atoms with Gasteiger partial charge < -0.3 is 10.1 Å². The molecule has 1 aliphatic rings. The number of esters is 1. The Morgan fingerprint density at radius 3 is 3.00 bits per heavy atom. The molecule has 17 heavy (non-hydrogen) atoms. The fourth-order valence-corrected chi connectivity index (χ4v) is 2.54. The van der Waals surface area contributed by atoms with E-state index in [0.717, 1.165) is 24.7 Å². The standard InChI is InChI=1S/C12H22N2O2S/c1-4-16-11(15)6-5-7-13-12-14-8-10(17-12)9(2)3/h9-10H,4-8H2,1-3H3,(H,13,14). The van der Waals surface area contributed by atoms with Gasteiger partial charge in [0.05, 0.1) is 13.2 Å². The summed E-state index contributed by atoms with van der Waals surface area (Å²) in [6.07, 6.45) is 1.27. The quantitative estimate of drug-likeness (QED) is 0.585. The maximum Gasteiger partial charge on any atom is 0.305 e. The molecule has 0 aromatic carbocycles. The van der Waals surface area contributed by atoms with E-state index < -0.39 is 0 Å². The maximum atomic E-state index is 11.1. The van der Waals surface area contributed by atoms with Gasteiger partial charge in [-0.3, -0.25) is 9.79 Å². The third kappa shape index (κ3) is 5.44. The number of aliphatic imine (C=N–C) groups is 1. The predicted octanol–water partition coefficient (Wildman–Crippen LogP) is 2.05. The molecule has 0 saturated heterocycles. The van der Waals surface area contributed by atoms with Crippen LogP contribution in [-0.4, -0.2) is 36.1 Å². The van der Waals surface area contributed by atoms with Crippen LogP contribution >= 0.6 is 11.8 Å². The Balaban J connectivity index is 2.06. The molecule has 0 radical (unpaired) electrons. The Kier molecular flexibility index (Phi) is 6.40. The largest absolute Gasteiger partial charge is 0.466 e. The molecule has 1 heterocycles. The molecule has 1 unspecified atom stereocenters. The number of thioether (sulfide) groups is 1. The van der Waals surface area contributed by atoms with Crippen LogP contribution in [0.1, 0.15) is 33.6 Å². The molecule has 0 aliphatic carbocycles. The van der Waals surface area contributed by atoms with Gasteiger partial charge in [-0.2, -0.15) is 0 Å². The maximum absolute atomic E-state index is 11.1. The number of carbonyl (C=O) groups is 1. The summed E-state index contributed by atoms with van der Waals surface area (Å²) in [6, 6.07) is 0. The molecule has 5 heteroatoms. The van der Waals surface area contributed by atoms with E-state index in [9.17, 15) is 4.79 Å². The third-order valence-corrected chi connectivity index (χ3v) is 4.05. The Morgan fingerprint density at radius 2 is 2.41 bits per heavy atom. The first-order valence-electron chi connectivity index (χ1n) is 6.24. The van der Waals surface area contributed by atoms with Gasteiger partial charge in [-0.15, -0.1) is 0 Å². The van der Waals surface area contributed by atoms with Crippen molar-refractivity contribution in [3.63, 3.8) is 0 Å². The molecule has 0 aromatic heterocycles. The average Bonchev–Trinajstić information content (AvgIpc) is 2.73. The van der Waals surface area contributed by atoms with Crippen molar-refractivity contribution in [1.29, 1.82) is 0 Å². The Bertz CT molecular complexity index is 280. The number of hydrogen-bond acceptors (Lipinski definition) is 5. The topological polar surface area (TPSA) is 50.7 Å². The molecule has 1 rings (SSSR count). The molecular weight excluding hydrogens is 236 g/mol. The molecule has 0 spiro atoms. The summed E-state index contributed by atoms with van der Waals surface area (Å²) in [6.45, 7) is 8.42. The van der Waals surface area contributed by atoms with E-state index in [1.807, 2.05) is 18.7 Å². The van der Waals surface area contributed by atoms with Crippen LogP contribution in [0.15, 0.2) is 4.99 Å². The van der Waals surface area contributed by atoms with Crippen molar-refractivity contribution in [3.8, 4) is 0 Å². The van der Waals surface area contributed by atoms with Crippen molar-refractivity contribution in [2.75, 3.05) is 19.7 Å². The van der Waals surface area contributed by atoms with Gasteiger partial charge in [-0.05, 0) is 19.3 Å². The molecular formula is C12H22N2O2S. The van der Waals surface area contributed by atoms with E-state index in [2.05, 4.69) is 24.2 Å². The van der Waals surface area contributed by atoms with Crippen LogP contribution in [0.2, 0.25) is 0 Å². The summed E-state index contributed by atoms with van der Waals surface area (Å²) >= 11 is 1.81. The minimum absolute atomic E-state index is 0.115. The molecule has 0 aromatic rings. The monoisotopic (exact) mass is 258 g/mol. The van der Waals surface area contributed by atoms with Gasteiger partial charge in [0.15, 0.2) is 5.17 Å².